The van der Waals surface area contributed by atoms with Crippen molar-refractivity contribution in [1.82, 2.24) is 9.97 Å². The molecule has 0 radical (unpaired) electrons. The molecule has 2 aromatic carbocycles. The van der Waals surface area contributed by atoms with Gasteiger partial charge >= 0.3 is 0 Å². The predicted molar refractivity (Wildman–Crippen MR) is 155 cm³/mol. The number of rotatable bonds is 18. The maximum Gasteiger partial charge on any atom is 0.229 e. The number of aryl methyl sites for hydroxylation is 1. The Bertz CT molecular complexity index is 1220. The van der Waals surface area contributed by atoms with Crippen molar-refractivity contribution in [2.75, 3.05) is 75.3 Å². The van der Waals surface area contributed by atoms with Gasteiger partial charge in [0.25, 0.3) is 0 Å². The van der Waals surface area contributed by atoms with E-state index in [1.165, 1.54) is 0 Å². The first-order valence-corrected chi connectivity index (χ1v) is 13.1. The van der Waals surface area contributed by atoms with E-state index in [4.69, 9.17) is 19.7 Å². The zero-order valence-electron chi connectivity index (χ0n) is 23.0. The molecule has 0 saturated carbocycles. The Kier molecular flexibility index (Phi) is 13.2. The monoisotopic (exact) mass is 548 g/mol. The Balaban J connectivity index is 1.37. The van der Waals surface area contributed by atoms with Gasteiger partial charge in [-0.2, -0.15) is 4.98 Å². The fourth-order valence-electron chi connectivity index (χ4n) is 3.56. The molecule has 0 aliphatic rings. The van der Waals surface area contributed by atoms with E-state index >= 15 is 0 Å². The van der Waals surface area contributed by atoms with Gasteiger partial charge in [-0.15, -0.1) is 0 Å². The maximum atomic E-state index is 12.3. The van der Waals surface area contributed by atoms with Gasteiger partial charge < -0.3 is 29.7 Å². The molecule has 0 fully saturated rings. The van der Waals surface area contributed by atoms with Crippen molar-refractivity contribution in [2.24, 2.45) is 5.11 Å². The number of ether oxygens (including phenoxy) is 3. The first-order valence-electron chi connectivity index (χ1n) is 13.1. The fraction of sp³-hybridized carbons (Fsp3) is 0.393. The number of amides is 1. The van der Waals surface area contributed by atoms with E-state index in [1.54, 1.807) is 0 Å². The molecule has 1 aromatic heterocycles. The summed E-state index contributed by atoms with van der Waals surface area (Å²) in [5.74, 6) is 1.19. The molecule has 40 heavy (non-hydrogen) atoms. The number of carbonyl (C=O) groups excluding carboxylic acids is 1. The maximum absolute atomic E-state index is 12.3. The highest BCUT2D eigenvalue weighted by Gasteiger charge is 2.09. The van der Waals surface area contributed by atoms with Crippen LogP contribution in [0.5, 0.6) is 0 Å². The SMILES string of the molecule is Cc1cc(N(C)CCOCCOCCOCCN=[N+]=[N-])nc(Nc2ccc(NC(=O)Cc3ccccc3)cc2)n1. The second kappa shape index (κ2) is 17.4. The van der Waals surface area contributed by atoms with Gasteiger partial charge in [0, 0.05) is 48.2 Å². The largest absolute Gasteiger partial charge is 0.379 e. The van der Waals surface area contributed by atoms with Crippen LogP contribution in [0.25, 0.3) is 10.4 Å². The molecule has 3 rings (SSSR count). The van der Waals surface area contributed by atoms with Gasteiger partial charge in [-0.1, -0.05) is 35.4 Å². The van der Waals surface area contributed by atoms with Crippen molar-refractivity contribution in [1.29, 1.82) is 0 Å². The minimum absolute atomic E-state index is 0.0666. The van der Waals surface area contributed by atoms with Crippen LogP contribution in [-0.4, -0.2) is 75.7 Å². The van der Waals surface area contributed by atoms with Crippen LogP contribution < -0.4 is 15.5 Å². The summed E-state index contributed by atoms with van der Waals surface area (Å²) in [5, 5.41) is 9.55. The first kappa shape index (κ1) is 30.3. The van der Waals surface area contributed by atoms with E-state index in [0.29, 0.717) is 65.1 Å². The lowest BCUT2D eigenvalue weighted by molar-refractivity contribution is -0.115. The molecular formula is C28H36N8O4. The highest BCUT2D eigenvalue weighted by atomic mass is 16.5. The van der Waals surface area contributed by atoms with Crippen molar-refractivity contribution >= 4 is 29.0 Å². The van der Waals surface area contributed by atoms with Crippen LogP contribution in [0.2, 0.25) is 0 Å². The van der Waals surface area contributed by atoms with Gasteiger partial charge in [-0.05, 0) is 42.3 Å². The second-order valence-electron chi connectivity index (χ2n) is 8.82. The summed E-state index contributed by atoms with van der Waals surface area (Å²) < 4.78 is 16.4. The molecule has 0 atom stereocenters. The van der Waals surface area contributed by atoms with Crippen molar-refractivity contribution < 1.29 is 19.0 Å². The molecule has 1 heterocycles. The molecule has 0 aliphatic heterocycles. The minimum atomic E-state index is -0.0666. The van der Waals surface area contributed by atoms with Crippen LogP contribution in [0, 0.1) is 6.92 Å². The third-order valence-corrected chi connectivity index (χ3v) is 5.58. The molecule has 1 amide bonds. The van der Waals surface area contributed by atoms with E-state index in [9.17, 15) is 4.79 Å². The number of benzene rings is 2. The second-order valence-corrected chi connectivity index (χ2v) is 8.82. The average molecular weight is 549 g/mol. The Labute approximate surface area is 234 Å². The third-order valence-electron chi connectivity index (χ3n) is 5.58. The number of azide groups is 1. The van der Waals surface area contributed by atoms with Crippen LogP contribution >= 0.6 is 0 Å². The number of hydrogen-bond acceptors (Lipinski definition) is 9. The quantitative estimate of drug-likeness (QED) is 0.102. The van der Waals surface area contributed by atoms with Crippen LogP contribution in [-0.2, 0) is 25.4 Å². The normalized spacial score (nSPS) is 10.6. The van der Waals surface area contributed by atoms with Crippen LogP contribution in [0.15, 0.2) is 65.8 Å². The van der Waals surface area contributed by atoms with Crippen LogP contribution in [0.1, 0.15) is 11.3 Å². The Morgan fingerprint density at radius 3 is 2.27 bits per heavy atom. The smallest absolute Gasteiger partial charge is 0.229 e. The lowest BCUT2D eigenvalue weighted by Gasteiger charge is -2.19. The van der Waals surface area contributed by atoms with Gasteiger partial charge in [0.1, 0.15) is 5.82 Å². The van der Waals surface area contributed by atoms with Gasteiger partial charge in [0.05, 0.1) is 46.1 Å². The summed E-state index contributed by atoms with van der Waals surface area (Å²) in [6.45, 7) is 5.65. The fourth-order valence-corrected chi connectivity index (χ4v) is 3.56. The summed E-state index contributed by atoms with van der Waals surface area (Å²) in [6, 6.07) is 19.0. The molecule has 12 nitrogen and oxygen atoms in total. The lowest BCUT2D eigenvalue weighted by atomic mass is 10.1. The number of nitrogens with zero attached hydrogens (tertiary/aromatic N) is 6. The van der Waals surface area contributed by atoms with E-state index in [-0.39, 0.29) is 5.91 Å². The zero-order chi connectivity index (χ0) is 28.4. The summed E-state index contributed by atoms with van der Waals surface area (Å²) in [5.41, 5.74) is 11.5. The van der Waals surface area contributed by atoms with E-state index in [0.717, 1.165) is 28.5 Å². The highest BCUT2D eigenvalue weighted by Crippen LogP contribution is 2.20. The average Bonchev–Trinajstić information content (AvgIpc) is 2.95. The van der Waals surface area contributed by atoms with E-state index in [1.807, 2.05) is 79.5 Å². The standard InChI is InChI=1S/C28H36N8O4/c1-22-20-26(36(2)13-15-39-17-19-40-18-16-38-14-12-30-35-29)34-28(31-22)33-25-10-8-24(9-11-25)32-27(37)21-23-6-4-3-5-7-23/h3-11,20H,12-19,21H2,1-2H3,(H,32,37)(H,31,33,34). The summed E-state index contributed by atoms with van der Waals surface area (Å²) in [4.78, 5) is 26.1. The van der Waals surface area contributed by atoms with Crippen LogP contribution in [0.4, 0.5) is 23.1 Å². The molecule has 212 valence electrons. The van der Waals surface area contributed by atoms with Gasteiger partial charge in [0.15, 0.2) is 0 Å². The van der Waals surface area contributed by atoms with Crippen molar-refractivity contribution in [2.45, 2.75) is 13.3 Å². The third kappa shape index (κ3) is 11.7. The first-order chi connectivity index (χ1) is 19.5. The Morgan fingerprint density at radius 1 is 0.925 bits per heavy atom. The number of hydrogen-bond donors (Lipinski definition) is 2. The van der Waals surface area contributed by atoms with Gasteiger partial charge in [-0.25, -0.2) is 4.98 Å². The van der Waals surface area contributed by atoms with Crippen LogP contribution in [0.3, 0.4) is 0 Å². The topological polar surface area (TPSA) is 147 Å². The minimum Gasteiger partial charge on any atom is -0.379 e. The van der Waals surface area contributed by atoms with E-state index in [2.05, 4.69) is 30.6 Å². The number of carbonyl (C=O) groups is 1. The van der Waals surface area contributed by atoms with Crippen molar-refractivity contribution in [3.05, 3.63) is 82.4 Å². The van der Waals surface area contributed by atoms with Gasteiger partial charge in [-0.3, -0.25) is 4.79 Å². The van der Waals surface area contributed by atoms with Crippen molar-refractivity contribution in [3.63, 3.8) is 0 Å². The molecule has 0 bridgehead atoms. The Hall–Kier alpha value is -4.22. The molecule has 0 aliphatic carbocycles. The number of nitrogens with one attached hydrogen (secondary N) is 2. The molecule has 3 aromatic rings. The zero-order valence-corrected chi connectivity index (χ0v) is 23.0. The Morgan fingerprint density at radius 2 is 1.57 bits per heavy atom. The van der Waals surface area contributed by atoms with Crippen molar-refractivity contribution in [3.8, 4) is 0 Å². The molecule has 12 heteroatoms. The van der Waals surface area contributed by atoms with Gasteiger partial charge in [0.2, 0.25) is 11.9 Å². The molecule has 0 unspecified atom stereocenters. The summed E-state index contributed by atoms with van der Waals surface area (Å²) >= 11 is 0. The molecular weight excluding hydrogens is 512 g/mol. The molecule has 0 spiro atoms. The number of aromatic nitrogens is 2. The number of anilines is 4. The molecule has 2 N–H and O–H groups in total. The highest BCUT2D eigenvalue weighted by molar-refractivity contribution is 5.92. The summed E-state index contributed by atoms with van der Waals surface area (Å²) in [7, 11) is 1.95. The summed E-state index contributed by atoms with van der Waals surface area (Å²) in [6.07, 6.45) is 0.324. The predicted octanol–water partition coefficient (Wildman–Crippen LogP) is 4.51. The molecule has 0 saturated heterocycles. The lowest BCUT2D eigenvalue weighted by Crippen LogP contribution is -2.24. The number of likely N-dealkylation sites (N-methyl/N-ethyl adjacent to an activating group) is 1. The van der Waals surface area contributed by atoms with E-state index < -0.39 is 0 Å².